The molecule has 0 radical (unpaired) electrons. The van der Waals surface area contributed by atoms with E-state index in [0.717, 1.165) is 12.8 Å². The molecule has 72 valence electrons. The molecule has 0 aromatic carbocycles. The molecule has 2 fully saturated rings. The van der Waals surface area contributed by atoms with E-state index in [9.17, 15) is 9.59 Å². The third-order valence-corrected chi connectivity index (χ3v) is 2.76. The van der Waals surface area contributed by atoms with Crippen LogP contribution in [-0.2, 0) is 9.59 Å². The average molecular weight is 182 g/mol. The zero-order valence-corrected chi connectivity index (χ0v) is 7.51. The topological polar surface area (TPSA) is 58.2 Å². The molecule has 1 aliphatic carbocycles. The highest BCUT2D eigenvalue weighted by atomic mass is 16.2. The summed E-state index contributed by atoms with van der Waals surface area (Å²) in [7, 11) is 0. The van der Waals surface area contributed by atoms with Gasteiger partial charge in [-0.2, -0.15) is 0 Å². The fraction of sp³-hybridized carbons (Fsp3) is 0.778. The van der Waals surface area contributed by atoms with Crippen molar-refractivity contribution in [3.8, 4) is 0 Å². The Labute approximate surface area is 77.1 Å². The van der Waals surface area contributed by atoms with Crippen LogP contribution in [0.3, 0.4) is 0 Å². The van der Waals surface area contributed by atoms with Crippen molar-refractivity contribution in [2.75, 3.05) is 0 Å². The predicted molar refractivity (Wildman–Crippen MR) is 46.9 cm³/mol. The molecule has 1 unspecified atom stereocenters. The lowest BCUT2D eigenvalue weighted by Gasteiger charge is -2.27. The van der Waals surface area contributed by atoms with E-state index in [2.05, 4.69) is 10.6 Å². The number of nitrogens with one attached hydrogen (secondary N) is 2. The van der Waals surface area contributed by atoms with Gasteiger partial charge in [-0.05, 0) is 25.7 Å². The Bertz CT molecular complexity index is 236. The minimum atomic E-state index is -0.270. The number of carbonyl (C=O) groups is 2. The monoisotopic (exact) mass is 182 g/mol. The SMILES string of the molecule is O=C1CCC(C(=O)NC2CCC2)N1. The second kappa shape index (κ2) is 3.36. The largest absolute Gasteiger partial charge is 0.352 e. The van der Waals surface area contributed by atoms with E-state index in [0.29, 0.717) is 18.9 Å². The lowest BCUT2D eigenvalue weighted by molar-refractivity contribution is -0.126. The van der Waals surface area contributed by atoms with Gasteiger partial charge in [0.25, 0.3) is 0 Å². The third-order valence-electron chi connectivity index (χ3n) is 2.76. The summed E-state index contributed by atoms with van der Waals surface area (Å²) in [5.41, 5.74) is 0. The summed E-state index contributed by atoms with van der Waals surface area (Å²) < 4.78 is 0. The van der Waals surface area contributed by atoms with Gasteiger partial charge in [0.15, 0.2) is 0 Å². The van der Waals surface area contributed by atoms with Crippen LogP contribution in [0.2, 0.25) is 0 Å². The summed E-state index contributed by atoms with van der Waals surface area (Å²) in [6.45, 7) is 0. The molecule has 1 heterocycles. The Balaban J connectivity index is 1.79. The first-order valence-corrected chi connectivity index (χ1v) is 4.85. The standard InChI is InChI=1S/C9H14N2O2/c12-8-5-4-7(11-8)9(13)10-6-2-1-3-6/h6-7H,1-5H2,(H,10,13)(H,11,12). The summed E-state index contributed by atoms with van der Waals surface area (Å²) in [5.74, 6) is -0.00990. The molecule has 4 heteroatoms. The molecule has 2 amide bonds. The second-order valence-corrected chi connectivity index (χ2v) is 3.80. The Morgan fingerprint density at radius 2 is 2.15 bits per heavy atom. The lowest BCUT2D eigenvalue weighted by atomic mass is 9.93. The van der Waals surface area contributed by atoms with Crippen molar-refractivity contribution in [2.24, 2.45) is 0 Å². The summed E-state index contributed by atoms with van der Waals surface area (Å²) in [6, 6.07) is 0.0955. The molecule has 0 bridgehead atoms. The Morgan fingerprint density at radius 3 is 2.62 bits per heavy atom. The molecule has 1 atom stereocenters. The molecule has 4 nitrogen and oxygen atoms in total. The van der Waals surface area contributed by atoms with Gasteiger partial charge in [0.2, 0.25) is 11.8 Å². The van der Waals surface area contributed by atoms with Crippen molar-refractivity contribution in [2.45, 2.75) is 44.2 Å². The van der Waals surface area contributed by atoms with E-state index >= 15 is 0 Å². The van der Waals surface area contributed by atoms with Crippen LogP contribution >= 0.6 is 0 Å². The molecule has 2 aliphatic rings. The molecule has 1 saturated carbocycles. The zero-order chi connectivity index (χ0) is 9.26. The molecular formula is C9H14N2O2. The van der Waals surface area contributed by atoms with Gasteiger partial charge in [-0.3, -0.25) is 9.59 Å². The highest BCUT2D eigenvalue weighted by molar-refractivity contribution is 5.90. The van der Waals surface area contributed by atoms with Crippen molar-refractivity contribution < 1.29 is 9.59 Å². The van der Waals surface area contributed by atoms with E-state index in [4.69, 9.17) is 0 Å². The van der Waals surface area contributed by atoms with Crippen LogP contribution in [0.25, 0.3) is 0 Å². The van der Waals surface area contributed by atoms with Crippen LogP contribution in [0.1, 0.15) is 32.1 Å². The highest BCUT2D eigenvalue weighted by Gasteiger charge is 2.29. The predicted octanol–water partition coefficient (Wildman–Crippen LogP) is -0.0663. The molecule has 0 aromatic rings. The molecular weight excluding hydrogens is 168 g/mol. The van der Waals surface area contributed by atoms with E-state index in [1.807, 2.05) is 0 Å². The van der Waals surface area contributed by atoms with E-state index in [1.165, 1.54) is 6.42 Å². The fourth-order valence-corrected chi connectivity index (χ4v) is 1.67. The Hall–Kier alpha value is -1.06. The van der Waals surface area contributed by atoms with Crippen LogP contribution in [0.5, 0.6) is 0 Å². The van der Waals surface area contributed by atoms with E-state index in [1.54, 1.807) is 0 Å². The molecule has 1 saturated heterocycles. The third kappa shape index (κ3) is 1.82. The van der Waals surface area contributed by atoms with Crippen LogP contribution in [0.4, 0.5) is 0 Å². The normalized spacial score (nSPS) is 28.0. The maximum absolute atomic E-state index is 11.5. The first kappa shape index (κ1) is 8.53. The number of amides is 2. The van der Waals surface area contributed by atoms with E-state index < -0.39 is 0 Å². The highest BCUT2D eigenvalue weighted by Crippen LogP contribution is 2.18. The van der Waals surface area contributed by atoms with Crippen LogP contribution < -0.4 is 10.6 Å². The minimum Gasteiger partial charge on any atom is -0.352 e. The maximum Gasteiger partial charge on any atom is 0.242 e. The second-order valence-electron chi connectivity index (χ2n) is 3.80. The average Bonchev–Trinajstić information content (AvgIpc) is 2.44. The molecule has 1 aliphatic heterocycles. The summed E-state index contributed by atoms with van der Waals surface area (Å²) >= 11 is 0. The van der Waals surface area contributed by atoms with Crippen LogP contribution in [0, 0.1) is 0 Å². The van der Waals surface area contributed by atoms with Gasteiger partial charge < -0.3 is 10.6 Å². The van der Waals surface area contributed by atoms with Crippen molar-refractivity contribution in [1.29, 1.82) is 0 Å². The molecule has 0 aromatic heterocycles. The Morgan fingerprint density at radius 1 is 1.38 bits per heavy atom. The van der Waals surface area contributed by atoms with Crippen molar-refractivity contribution in [3.05, 3.63) is 0 Å². The number of hydrogen-bond donors (Lipinski definition) is 2. The molecule has 0 spiro atoms. The summed E-state index contributed by atoms with van der Waals surface area (Å²) in [5, 5.41) is 5.58. The first-order valence-electron chi connectivity index (χ1n) is 4.85. The van der Waals surface area contributed by atoms with Crippen LogP contribution in [0.15, 0.2) is 0 Å². The van der Waals surface area contributed by atoms with Gasteiger partial charge in [-0.25, -0.2) is 0 Å². The van der Waals surface area contributed by atoms with Crippen molar-refractivity contribution in [1.82, 2.24) is 10.6 Å². The summed E-state index contributed by atoms with van der Waals surface area (Å²) in [4.78, 5) is 22.3. The summed E-state index contributed by atoms with van der Waals surface area (Å²) in [6.07, 6.45) is 4.53. The van der Waals surface area contributed by atoms with Gasteiger partial charge in [-0.1, -0.05) is 0 Å². The van der Waals surface area contributed by atoms with Gasteiger partial charge in [0.05, 0.1) is 0 Å². The van der Waals surface area contributed by atoms with Gasteiger partial charge >= 0.3 is 0 Å². The fourth-order valence-electron chi connectivity index (χ4n) is 1.67. The quantitative estimate of drug-likeness (QED) is 0.628. The molecule has 13 heavy (non-hydrogen) atoms. The first-order chi connectivity index (χ1) is 6.25. The number of hydrogen-bond acceptors (Lipinski definition) is 2. The Kier molecular flexibility index (Phi) is 2.20. The molecule has 2 rings (SSSR count). The van der Waals surface area contributed by atoms with Gasteiger partial charge in [0, 0.05) is 12.5 Å². The minimum absolute atomic E-state index is 0.00412. The zero-order valence-electron chi connectivity index (χ0n) is 7.51. The maximum atomic E-state index is 11.5. The van der Waals surface area contributed by atoms with Crippen molar-refractivity contribution >= 4 is 11.8 Å². The van der Waals surface area contributed by atoms with Gasteiger partial charge in [0.1, 0.15) is 6.04 Å². The number of rotatable bonds is 2. The van der Waals surface area contributed by atoms with E-state index in [-0.39, 0.29) is 17.9 Å². The lowest BCUT2D eigenvalue weighted by Crippen LogP contribution is -2.48. The molecule has 2 N–H and O–H groups in total. The van der Waals surface area contributed by atoms with Crippen molar-refractivity contribution in [3.63, 3.8) is 0 Å². The smallest absolute Gasteiger partial charge is 0.242 e. The number of carbonyl (C=O) groups excluding carboxylic acids is 2. The van der Waals surface area contributed by atoms with Gasteiger partial charge in [-0.15, -0.1) is 0 Å². The van der Waals surface area contributed by atoms with Crippen LogP contribution in [-0.4, -0.2) is 23.9 Å².